The summed E-state index contributed by atoms with van der Waals surface area (Å²) in [5.41, 5.74) is 2.84. The molecule has 1 amide bonds. The van der Waals surface area contributed by atoms with Crippen LogP contribution in [0.4, 0.5) is 5.69 Å². The topological polar surface area (TPSA) is 51.2 Å². The number of carbonyl (C=O) groups is 1. The number of aromatic nitrogens is 1. The molecule has 0 saturated heterocycles. The predicted octanol–water partition coefficient (Wildman–Crippen LogP) is 2.58. The second kappa shape index (κ2) is 6.00. The van der Waals surface area contributed by atoms with Crippen molar-refractivity contribution >= 4 is 11.6 Å². The van der Waals surface area contributed by atoms with Gasteiger partial charge in [-0.3, -0.25) is 4.79 Å². The minimum atomic E-state index is -0.0594. The van der Waals surface area contributed by atoms with Gasteiger partial charge in [0.15, 0.2) is 0 Å². The first-order valence-corrected chi connectivity index (χ1v) is 6.03. The van der Waals surface area contributed by atoms with E-state index in [1.807, 2.05) is 31.2 Å². The average Bonchev–Trinajstić information content (AvgIpc) is 2.42. The Morgan fingerprint density at radius 2 is 1.95 bits per heavy atom. The number of rotatable bonds is 4. The molecular weight excluding hydrogens is 240 g/mol. The summed E-state index contributed by atoms with van der Waals surface area (Å²) < 4.78 is 4.96. The van der Waals surface area contributed by atoms with Crippen molar-refractivity contribution in [2.75, 3.05) is 12.4 Å². The van der Waals surface area contributed by atoms with E-state index in [-0.39, 0.29) is 5.91 Å². The van der Waals surface area contributed by atoms with Crippen molar-refractivity contribution in [2.45, 2.75) is 13.3 Å². The van der Waals surface area contributed by atoms with Crippen LogP contribution in [0.3, 0.4) is 0 Å². The molecule has 0 bridgehead atoms. The zero-order valence-electron chi connectivity index (χ0n) is 11.0. The number of methoxy groups -OCH3 is 1. The first-order chi connectivity index (χ1) is 9.17. The number of hydrogen-bond acceptors (Lipinski definition) is 3. The fraction of sp³-hybridized carbons (Fsp3) is 0.200. The zero-order valence-corrected chi connectivity index (χ0v) is 11.0. The molecule has 0 aliphatic heterocycles. The summed E-state index contributed by atoms with van der Waals surface area (Å²) in [7, 11) is 1.55. The molecule has 98 valence electrons. The van der Waals surface area contributed by atoms with Crippen molar-refractivity contribution < 1.29 is 9.53 Å². The third-order valence-electron chi connectivity index (χ3n) is 2.71. The van der Waals surface area contributed by atoms with Crippen LogP contribution in [-0.2, 0) is 11.2 Å². The molecule has 0 radical (unpaired) electrons. The van der Waals surface area contributed by atoms with E-state index in [0.29, 0.717) is 18.0 Å². The number of nitrogens with zero attached hydrogens (tertiary/aromatic N) is 1. The maximum atomic E-state index is 11.9. The monoisotopic (exact) mass is 256 g/mol. The van der Waals surface area contributed by atoms with Crippen LogP contribution in [0.5, 0.6) is 5.88 Å². The summed E-state index contributed by atoms with van der Waals surface area (Å²) in [5, 5.41) is 2.80. The van der Waals surface area contributed by atoms with Crippen molar-refractivity contribution in [2.24, 2.45) is 0 Å². The molecule has 1 aromatic heterocycles. The summed E-state index contributed by atoms with van der Waals surface area (Å²) in [6.07, 6.45) is 1.93. The van der Waals surface area contributed by atoms with Gasteiger partial charge in [0.05, 0.1) is 25.4 Å². The second-order valence-electron chi connectivity index (χ2n) is 4.30. The Morgan fingerprint density at radius 1 is 1.21 bits per heavy atom. The van der Waals surface area contributed by atoms with Gasteiger partial charge in [0.2, 0.25) is 11.8 Å². The van der Waals surface area contributed by atoms with Crippen molar-refractivity contribution in [1.82, 2.24) is 4.98 Å². The molecule has 2 rings (SSSR count). The molecule has 1 N–H and O–H groups in total. The van der Waals surface area contributed by atoms with Gasteiger partial charge in [-0.25, -0.2) is 4.98 Å². The molecule has 2 aromatic rings. The third kappa shape index (κ3) is 3.81. The number of amides is 1. The standard InChI is InChI=1S/C15H16N2O2/c1-11-3-5-12(6-4-11)9-14(18)17-13-7-8-15(19-2)16-10-13/h3-8,10H,9H2,1-2H3,(H,17,18). The number of pyridine rings is 1. The zero-order chi connectivity index (χ0) is 13.7. The van der Waals surface area contributed by atoms with E-state index in [1.54, 1.807) is 25.4 Å². The van der Waals surface area contributed by atoms with Gasteiger partial charge in [-0.1, -0.05) is 29.8 Å². The summed E-state index contributed by atoms with van der Waals surface area (Å²) in [6, 6.07) is 11.4. The van der Waals surface area contributed by atoms with Gasteiger partial charge in [0.1, 0.15) is 0 Å². The quantitative estimate of drug-likeness (QED) is 0.914. The molecule has 4 heteroatoms. The first-order valence-electron chi connectivity index (χ1n) is 6.03. The van der Waals surface area contributed by atoms with Crippen LogP contribution in [0.25, 0.3) is 0 Å². The van der Waals surface area contributed by atoms with Gasteiger partial charge < -0.3 is 10.1 Å². The average molecular weight is 256 g/mol. The molecule has 0 saturated carbocycles. The fourth-order valence-electron chi connectivity index (χ4n) is 1.67. The fourth-order valence-corrected chi connectivity index (χ4v) is 1.67. The van der Waals surface area contributed by atoms with Gasteiger partial charge in [-0.05, 0) is 18.6 Å². The Hall–Kier alpha value is -2.36. The van der Waals surface area contributed by atoms with Crippen molar-refractivity contribution in [1.29, 1.82) is 0 Å². The number of carbonyl (C=O) groups excluding carboxylic acids is 1. The highest BCUT2D eigenvalue weighted by atomic mass is 16.5. The van der Waals surface area contributed by atoms with Crippen LogP contribution in [0.1, 0.15) is 11.1 Å². The van der Waals surface area contributed by atoms with Crippen LogP contribution >= 0.6 is 0 Å². The van der Waals surface area contributed by atoms with E-state index in [2.05, 4.69) is 10.3 Å². The van der Waals surface area contributed by atoms with Crippen molar-refractivity contribution in [3.8, 4) is 5.88 Å². The number of benzene rings is 1. The number of aryl methyl sites for hydroxylation is 1. The van der Waals surface area contributed by atoms with Crippen LogP contribution in [0, 0.1) is 6.92 Å². The van der Waals surface area contributed by atoms with E-state index in [1.165, 1.54) is 5.56 Å². The Kier molecular flexibility index (Phi) is 4.13. The minimum absolute atomic E-state index is 0.0594. The SMILES string of the molecule is COc1ccc(NC(=O)Cc2ccc(C)cc2)cn1. The maximum Gasteiger partial charge on any atom is 0.228 e. The van der Waals surface area contributed by atoms with Gasteiger partial charge in [0, 0.05) is 6.07 Å². The van der Waals surface area contributed by atoms with E-state index in [4.69, 9.17) is 4.74 Å². The summed E-state index contributed by atoms with van der Waals surface area (Å²) in [5.74, 6) is 0.465. The Bertz CT molecular complexity index is 547. The molecule has 0 unspecified atom stereocenters. The van der Waals surface area contributed by atoms with Crippen molar-refractivity contribution in [3.05, 3.63) is 53.7 Å². The number of hydrogen-bond donors (Lipinski definition) is 1. The first kappa shape index (κ1) is 13.1. The minimum Gasteiger partial charge on any atom is -0.481 e. The van der Waals surface area contributed by atoms with Gasteiger partial charge >= 0.3 is 0 Å². The lowest BCUT2D eigenvalue weighted by Gasteiger charge is -2.06. The molecule has 4 nitrogen and oxygen atoms in total. The van der Waals surface area contributed by atoms with Crippen LogP contribution in [-0.4, -0.2) is 18.0 Å². The Balaban J connectivity index is 1.95. The smallest absolute Gasteiger partial charge is 0.228 e. The summed E-state index contributed by atoms with van der Waals surface area (Å²) >= 11 is 0. The van der Waals surface area contributed by atoms with Gasteiger partial charge in [-0.15, -0.1) is 0 Å². The number of ether oxygens (including phenoxy) is 1. The molecule has 19 heavy (non-hydrogen) atoms. The van der Waals surface area contributed by atoms with Gasteiger partial charge in [0.25, 0.3) is 0 Å². The predicted molar refractivity (Wildman–Crippen MR) is 74.3 cm³/mol. The largest absolute Gasteiger partial charge is 0.481 e. The highest BCUT2D eigenvalue weighted by Crippen LogP contribution is 2.11. The van der Waals surface area contributed by atoms with E-state index >= 15 is 0 Å². The molecular formula is C15H16N2O2. The maximum absolute atomic E-state index is 11.9. The molecule has 0 aliphatic rings. The third-order valence-corrected chi connectivity index (χ3v) is 2.71. The van der Waals surface area contributed by atoms with Crippen LogP contribution in [0.2, 0.25) is 0 Å². The lowest BCUT2D eigenvalue weighted by molar-refractivity contribution is -0.115. The Labute approximate surface area is 112 Å². The molecule has 1 aromatic carbocycles. The van der Waals surface area contributed by atoms with E-state index < -0.39 is 0 Å². The number of nitrogens with one attached hydrogen (secondary N) is 1. The number of anilines is 1. The lowest BCUT2D eigenvalue weighted by Crippen LogP contribution is -2.14. The van der Waals surface area contributed by atoms with E-state index in [9.17, 15) is 4.79 Å². The molecule has 0 fully saturated rings. The van der Waals surface area contributed by atoms with Crippen LogP contribution in [0.15, 0.2) is 42.6 Å². The second-order valence-corrected chi connectivity index (χ2v) is 4.30. The molecule has 0 spiro atoms. The Morgan fingerprint density at radius 3 is 2.53 bits per heavy atom. The van der Waals surface area contributed by atoms with E-state index in [0.717, 1.165) is 5.56 Å². The molecule has 0 aliphatic carbocycles. The summed E-state index contributed by atoms with van der Waals surface area (Å²) in [6.45, 7) is 2.02. The lowest BCUT2D eigenvalue weighted by atomic mass is 10.1. The van der Waals surface area contributed by atoms with Gasteiger partial charge in [-0.2, -0.15) is 0 Å². The highest BCUT2D eigenvalue weighted by Gasteiger charge is 2.04. The van der Waals surface area contributed by atoms with Crippen LogP contribution < -0.4 is 10.1 Å². The molecule has 1 heterocycles. The molecule has 0 atom stereocenters. The van der Waals surface area contributed by atoms with Crippen molar-refractivity contribution in [3.63, 3.8) is 0 Å². The normalized spacial score (nSPS) is 10.0. The summed E-state index contributed by atoms with van der Waals surface area (Å²) in [4.78, 5) is 15.9. The highest BCUT2D eigenvalue weighted by molar-refractivity contribution is 5.92.